The minimum atomic E-state index is -4.57. The number of carbonyl (C=O) groups excluding carboxylic acids is 1. The van der Waals surface area contributed by atoms with Crippen LogP contribution in [0.15, 0.2) is 30.6 Å². The van der Waals surface area contributed by atoms with E-state index in [1.807, 2.05) is 0 Å². The Morgan fingerprint density at radius 3 is 2.78 bits per heavy atom. The zero-order valence-electron chi connectivity index (χ0n) is 9.31. The van der Waals surface area contributed by atoms with Crippen LogP contribution in [0.1, 0.15) is 17.4 Å². The van der Waals surface area contributed by atoms with Gasteiger partial charge in [-0.3, -0.25) is 0 Å². The maximum atomic E-state index is 12.2. The Bertz CT molecular complexity index is 544. The van der Waals surface area contributed by atoms with Crippen molar-refractivity contribution in [1.29, 1.82) is 0 Å². The zero-order chi connectivity index (χ0) is 13.3. The normalized spacial score (nSPS) is 13.6. The molecule has 0 fully saturated rings. The number of fused-ring (bicyclic) bond motifs is 1. The lowest BCUT2D eigenvalue weighted by Gasteiger charge is -2.15. The fraction of sp³-hybridized carbons (Fsp3) is 0.273. The van der Waals surface area contributed by atoms with Crippen molar-refractivity contribution in [1.82, 2.24) is 9.38 Å². The molecule has 2 aromatic rings. The molecule has 0 amide bonds. The van der Waals surface area contributed by atoms with Crippen LogP contribution in [-0.4, -0.2) is 27.6 Å². The van der Waals surface area contributed by atoms with Gasteiger partial charge in [0.1, 0.15) is 5.65 Å². The lowest BCUT2D eigenvalue weighted by Crippen LogP contribution is -2.31. The highest BCUT2D eigenvalue weighted by atomic mass is 19.4. The minimum Gasteiger partial charge on any atom is -0.448 e. The maximum absolute atomic E-state index is 12.2. The molecule has 0 saturated carbocycles. The Labute approximate surface area is 100 Å². The van der Waals surface area contributed by atoms with Gasteiger partial charge in [0, 0.05) is 12.4 Å². The third kappa shape index (κ3) is 2.44. The van der Waals surface area contributed by atoms with Gasteiger partial charge in [-0.25, -0.2) is 9.78 Å². The summed E-state index contributed by atoms with van der Waals surface area (Å²) in [5.41, 5.74) is 0.307. The second-order valence-electron chi connectivity index (χ2n) is 3.68. The van der Waals surface area contributed by atoms with Crippen molar-refractivity contribution in [3.8, 4) is 0 Å². The molecular weight excluding hydrogens is 249 g/mol. The summed E-state index contributed by atoms with van der Waals surface area (Å²) in [6.45, 7) is 0.772. The summed E-state index contributed by atoms with van der Waals surface area (Å²) in [5.74, 6) is -1.09. The summed E-state index contributed by atoms with van der Waals surface area (Å²) in [5, 5.41) is 0. The number of nitrogens with zero attached hydrogens (tertiary/aromatic N) is 2. The van der Waals surface area contributed by atoms with E-state index < -0.39 is 18.2 Å². The number of hydrogen-bond donors (Lipinski definition) is 0. The van der Waals surface area contributed by atoms with Crippen LogP contribution in [0, 0.1) is 0 Å². The van der Waals surface area contributed by atoms with Crippen molar-refractivity contribution in [2.75, 3.05) is 0 Å². The Balaban J connectivity index is 2.19. The van der Waals surface area contributed by atoms with Crippen LogP contribution >= 0.6 is 0 Å². The first-order chi connectivity index (χ1) is 8.38. The highest BCUT2D eigenvalue weighted by Gasteiger charge is 2.39. The van der Waals surface area contributed by atoms with Gasteiger partial charge < -0.3 is 9.14 Å². The van der Waals surface area contributed by atoms with Gasteiger partial charge in [-0.2, -0.15) is 13.2 Å². The van der Waals surface area contributed by atoms with Crippen LogP contribution in [-0.2, 0) is 4.74 Å². The second-order valence-corrected chi connectivity index (χ2v) is 3.68. The highest BCUT2D eigenvalue weighted by molar-refractivity contribution is 5.88. The predicted octanol–water partition coefficient (Wildman–Crippen LogP) is 2.44. The molecule has 0 unspecified atom stereocenters. The number of imidazole rings is 1. The fourth-order valence-electron chi connectivity index (χ4n) is 1.32. The number of halogens is 3. The van der Waals surface area contributed by atoms with Crippen LogP contribution < -0.4 is 0 Å². The maximum Gasteiger partial charge on any atom is 0.425 e. The van der Waals surface area contributed by atoms with Crippen LogP contribution in [0.4, 0.5) is 13.2 Å². The van der Waals surface area contributed by atoms with Gasteiger partial charge in [0.25, 0.3) is 0 Å². The summed E-state index contributed by atoms with van der Waals surface area (Å²) in [6.07, 6.45) is -3.78. The van der Waals surface area contributed by atoms with Crippen LogP contribution in [0.25, 0.3) is 5.65 Å². The molecule has 0 aliphatic heterocycles. The molecule has 4 nitrogen and oxygen atoms in total. The van der Waals surface area contributed by atoms with E-state index >= 15 is 0 Å². The molecule has 0 N–H and O–H groups in total. The molecule has 2 heterocycles. The van der Waals surface area contributed by atoms with Gasteiger partial charge in [0.2, 0.25) is 0 Å². The molecule has 0 aliphatic carbocycles. The van der Waals surface area contributed by atoms with Crippen molar-refractivity contribution in [3.63, 3.8) is 0 Å². The minimum absolute atomic E-state index is 0.155. The molecule has 0 bridgehead atoms. The van der Waals surface area contributed by atoms with E-state index in [9.17, 15) is 18.0 Å². The third-order valence-electron chi connectivity index (χ3n) is 2.32. The zero-order valence-corrected chi connectivity index (χ0v) is 9.31. The number of aromatic nitrogens is 2. The average Bonchev–Trinajstić information content (AvgIpc) is 2.71. The summed E-state index contributed by atoms with van der Waals surface area (Å²) in [6, 6.07) is 5.04. The summed E-state index contributed by atoms with van der Waals surface area (Å²) in [7, 11) is 0. The van der Waals surface area contributed by atoms with E-state index in [0.717, 1.165) is 6.92 Å². The molecule has 0 saturated heterocycles. The summed E-state index contributed by atoms with van der Waals surface area (Å²) in [4.78, 5) is 15.3. The smallest absolute Gasteiger partial charge is 0.425 e. The van der Waals surface area contributed by atoms with Gasteiger partial charge in [0.15, 0.2) is 11.8 Å². The van der Waals surface area contributed by atoms with E-state index in [-0.39, 0.29) is 5.69 Å². The van der Waals surface area contributed by atoms with Crippen LogP contribution in [0.3, 0.4) is 0 Å². The first kappa shape index (κ1) is 12.4. The molecule has 18 heavy (non-hydrogen) atoms. The molecule has 96 valence electrons. The van der Waals surface area contributed by atoms with E-state index in [4.69, 9.17) is 0 Å². The highest BCUT2D eigenvalue weighted by Crippen LogP contribution is 2.23. The Morgan fingerprint density at radius 2 is 2.17 bits per heavy atom. The number of carbonyl (C=O) groups is 1. The number of ether oxygens (including phenoxy) is 1. The molecule has 2 rings (SSSR count). The molecule has 0 aromatic carbocycles. The van der Waals surface area contributed by atoms with Gasteiger partial charge >= 0.3 is 12.1 Å². The first-order valence-electron chi connectivity index (χ1n) is 5.09. The Kier molecular flexibility index (Phi) is 2.98. The van der Waals surface area contributed by atoms with Gasteiger partial charge in [-0.15, -0.1) is 0 Å². The summed E-state index contributed by atoms with van der Waals surface area (Å²) < 4.78 is 42.5. The number of esters is 1. The predicted molar refractivity (Wildman–Crippen MR) is 56.1 cm³/mol. The van der Waals surface area contributed by atoms with Crippen molar-refractivity contribution in [3.05, 3.63) is 36.3 Å². The van der Waals surface area contributed by atoms with E-state index in [2.05, 4.69) is 9.72 Å². The number of hydrogen-bond acceptors (Lipinski definition) is 3. The van der Waals surface area contributed by atoms with Crippen molar-refractivity contribution < 1.29 is 22.7 Å². The first-order valence-corrected chi connectivity index (χ1v) is 5.09. The molecule has 0 aliphatic rings. The van der Waals surface area contributed by atoms with Crippen molar-refractivity contribution in [2.24, 2.45) is 0 Å². The molecule has 1 atom stereocenters. The molecule has 0 spiro atoms. The van der Waals surface area contributed by atoms with E-state index in [0.29, 0.717) is 5.65 Å². The number of pyridine rings is 1. The lowest BCUT2D eigenvalue weighted by molar-refractivity contribution is -0.198. The fourth-order valence-corrected chi connectivity index (χ4v) is 1.32. The quantitative estimate of drug-likeness (QED) is 0.777. The van der Waals surface area contributed by atoms with Crippen LogP contribution in [0.2, 0.25) is 0 Å². The Hall–Kier alpha value is -2.05. The average molecular weight is 258 g/mol. The standard InChI is InChI=1S/C11H9F3N2O2/c1-7(11(12,13)14)18-10(17)8-6-16-5-3-2-4-9(16)15-8/h2-7H,1H3/t7-/m0/s1. The number of alkyl halides is 3. The molecule has 7 heteroatoms. The van der Waals surface area contributed by atoms with Crippen molar-refractivity contribution in [2.45, 2.75) is 19.2 Å². The molecular formula is C11H9F3N2O2. The lowest BCUT2D eigenvalue weighted by atomic mass is 10.4. The van der Waals surface area contributed by atoms with Crippen molar-refractivity contribution >= 4 is 11.6 Å². The third-order valence-corrected chi connectivity index (χ3v) is 2.32. The van der Waals surface area contributed by atoms with Gasteiger partial charge in [0.05, 0.1) is 0 Å². The topological polar surface area (TPSA) is 43.6 Å². The van der Waals surface area contributed by atoms with Crippen LogP contribution in [0.5, 0.6) is 0 Å². The second kappa shape index (κ2) is 4.32. The largest absolute Gasteiger partial charge is 0.448 e. The SMILES string of the molecule is C[C@H](OC(=O)c1cn2ccccc2n1)C(F)(F)F. The Morgan fingerprint density at radius 1 is 1.44 bits per heavy atom. The number of rotatable bonds is 2. The van der Waals surface area contributed by atoms with Gasteiger partial charge in [-0.05, 0) is 19.1 Å². The molecule has 2 aromatic heterocycles. The van der Waals surface area contributed by atoms with Gasteiger partial charge in [-0.1, -0.05) is 6.07 Å². The van der Waals surface area contributed by atoms with E-state index in [1.165, 1.54) is 10.6 Å². The van der Waals surface area contributed by atoms with E-state index in [1.54, 1.807) is 24.4 Å². The monoisotopic (exact) mass is 258 g/mol. The summed E-state index contributed by atoms with van der Waals surface area (Å²) >= 11 is 0. The molecule has 0 radical (unpaired) electrons.